The van der Waals surface area contributed by atoms with Gasteiger partial charge in [0.15, 0.2) is 5.78 Å². The van der Waals surface area contributed by atoms with Crippen LogP contribution in [0.15, 0.2) is 47.2 Å². The fourth-order valence-corrected chi connectivity index (χ4v) is 3.09. The molecule has 0 amide bonds. The number of rotatable bonds is 3. The summed E-state index contributed by atoms with van der Waals surface area (Å²) in [7, 11) is 1.66. The summed E-state index contributed by atoms with van der Waals surface area (Å²) < 4.78 is 5.28. The van der Waals surface area contributed by atoms with Gasteiger partial charge < -0.3 is 14.5 Å². The third-order valence-electron chi connectivity index (χ3n) is 4.81. The average Bonchev–Trinajstić information content (AvgIpc) is 2.63. The van der Waals surface area contributed by atoms with E-state index in [2.05, 4.69) is 11.0 Å². The van der Waals surface area contributed by atoms with Crippen molar-refractivity contribution >= 4 is 17.3 Å². The van der Waals surface area contributed by atoms with Crippen LogP contribution in [0.1, 0.15) is 13.8 Å². The van der Waals surface area contributed by atoms with Crippen molar-refractivity contribution < 1.29 is 14.3 Å². The molecule has 0 radical (unpaired) electrons. The number of carbonyl (C=O) groups excluding carboxylic acids is 2. The van der Waals surface area contributed by atoms with Gasteiger partial charge in [-0.25, -0.2) is 0 Å². The quantitative estimate of drug-likeness (QED) is 0.797. The van der Waals surface area contributed by atoms with Crippen molar-refractivity contribution in [3.05, 3.63) is 47.2 Å². The number of methoxy groups -OCH3 is 1. The number of carbonyl (C=O) groups is 2. The molecule has 0 atom stereocenters. The highest BCUT2D eigenvalue weighted by molar-refractivity contribution is 6.22. The van der Waals surface area contributed by atoms with Crippen LogP contribution in [0.25, 0.3) is 0 Å². The van der Waals surface area contributed by atoms with Gasteiger partial charge in [-0.3, -0.25) is 9.59 Å². The number of ether oxygens (including phenoxy) is 1. The number of Topliss-reactive ketones (excluding diaryl/α,β-unsaturated/α-hetero) is 1. The van der Waals surface area contributed by atoms with Gasteiger partial charge in [0.25, 0.3) is 0 Å². The SMILES string of the molecule is COc1cccc(N2CCN(C3=CC(=O)C(C)=C(C)C3=O)CC2)c1. The molecule has 0 bridgehead atoms. The van der Waals surface area contributed by atoms with Crippen LogP contribution in [-0.2, 0) is 9.59 Å². The first-order valence-electron chi connectivity index (χ1n) is 8.13. The molecule has 0 unspecified atom stereocenters. The lowest BCUT2D eigenvalue weighted by Crippen LogP contribution is -2.47. The summed E-state index contributed by atoms with van der Waals surface area (Å²) in [4.78, 5) is 28.8. The average molecular weight is 326 g/mol. The molecule has 1 fully saturated rings. The van der Waals surface area contributed by atoms with Crippen molar-refractivity contribution in [3.63, 3.8) is 0 Å². The summed E-state index contributed by atoms with van der Waals surface area (Å²) in [6, 6.07) is 7.97. The zero-order valence-electron chi connectivity index (χ0n) is 14.3. The van der Waals surface area contributed by atoms with Crippen molar-refractivity contribution in [2.45, 2.75) is 13.8 Å². The first kappa shape index (κ1) is 16.3. The molecule has 5 nitrogen and oxygen atoms in total. The number of nitrogens with zero attached hydrogens (tertiary/aromatic N) is 2. The van der Waals surface area contributed by atoms with Gasteiger partial charge in [0.1, 0.15) is 5.75 Å². The third-order valence-corrected chi connectivity index (χ3v) is 4.81. The standard InChI is InChI=1S/C19H22N2O3/c1-13-14(2)19(23)17(12-18(13)22)21-9-7-20(8-10-21)15-5-4-6-16(11-15)24-3/h4-6,11-12H,7-10H2,1-3H3. The van der Waals surface area contributed by atoms with Crippen molar-refractivity contribution in [2.75, 3.05) is 38.2 Å². The first-order valence-corrected chi connectivity index (χ1v) is 8.13. The van der Waals surface area contributed by atoms with E-state index >= 15 is 0 Å². The second-order valence-corrected chi connectivity index (χ2v) is 6.15. The lowest BCUT2D eigenvalue weighted by atomic mass is 9.94. The molecule has 5 heteroatoms. The fraction of sp³-hybridized carbons (Fsp3) is 0.368. The number of ketones is 2. The molecule has 0 aromatic heterocycles. The van der Waals surface area contributed by atoms with E-state index in [1.807, 2.05) is 23.1 Å². The summed E-state index contributed by atoms with van der Waals surface area (Å²) in [6.07, 6.45) is 1.49. The van der Waals surface area contributed by atoms with Crippen LogP contribution in [0, 0.1) is 0 Å². The van der Waals surface area contributed by atoms with Crippen molar-refractivity contribution in [1.82, 2.24) is 4.90 Å². The maximum Gasteiger partial charge on any atom is 0.205 e. The van der Waals surface area contributed by atoms with E-state index in [9.17, 15) is 9.59 Å². The number of piperazine rings is 1. The van der Waals surface area contributed by atoms with E-state index in [1.165, 1.54) is 6.08 Å². The highest BCUT2D eigenvalue weighted by atomic mass is 16.5. The monoisotopic (exact) mass is 326 g/mol. The molecular weight excluding hydrogens is 304 g/mol. The predicted molar refractivity (Wildman–Crippen MR) is 93.3 cm³/mol. The van der Waals surface area contributed by atoms with Crippen LogP contribution >= 0.6 is 0 Å². The van der Waals surface area contributed by atoms with Crippen molar-refractivity contribution in [2.24, 2.45) is 0 Å². The summed E-state index contributed by atoms with van der Waals surface area (Å²) in [5.74, 6) is 0.751. The van der Waals surface area contributed by atoms with Crippen LogP contribution in [-0.4, -0.2) is 49.8 Å². The Morgan fingerprint density at radius 3 is 2.29 bits per heavy atom. The summed E-state index contributed by atoms with van der Waals surface area (Å²) in [5, 5.41) is 0. The number of hydrogen-bond donors (Lipinski definition) is 0. The Labute approximate surface area is 142 Å². The highest BCUT2D eigenvalue weighted by Crippen LogP contribution is 2.25. The molecule has 1 aromatic carbocycles. The zero-order valence-corrected chi connectivity index (χ0v) is 14.3. The Kier molecular flexibility index (Phi) is 4.42. The Morgan fingerprint density at radius 2 is 1.62 bits per heavy atom. The lowest BCUT2D eigenvalue weighted by Gasteiger charge is -2.38. The van der Waals surface area contributed by atoms with Gasteiger partial charge in [-0.15, -0.1) is 0 Å². The number of allylic oxidation sites excluding steroid dienone is 3. The van der Waals surface area contributed by atoms with Crippen LogP contribution in [0.2, 0.25) is 0 Å². The normalized spacial score (nSPS) is 18.9. The molecule has 1 heterocycles. The van der Waals surface area contributed by atoms with Crippen LogP contribution in [0.5, 0.6) is 5.75 Å². The zero-order chi connectivity index (χ0) is 17.3. The van der Waals surface area contributed by atoms with Crippen molar-refractivity contribution in [1.29, 1.82) is 0 Å². The second kappa shape index (κ2) is 6.51. The van der Waals surface area contributed by atoms with E-state index in [4.69, 9.17) is 4.74 Å². The molecule has 0 saturated carbocycles. The molecule has 0 N–H and O–H groups in total. The smallest absolute Gasteiger partial charge is 0.205 e. The van der Waals surface area contributed by atoms with Crippen LogP contribution in [0.3, 0.4) is 0 Å². The van der Waals surface area contributed by atoms with E-state index < -0.39 is 0 Å². The molecule has 1 aliphatic heterocycles. The van der Waals surface area contributed by atoms with Gasteiger partial charge in [-0.2, -0.15) is 0 Å². The maximum atomic E-state index is 12.5. The molecule has 0 spiro atoms. The van der Waals surface area contributed by atoms with Gasteiger partial charge in [0.05, 0.1) is 12.8 Å². The molecule has 1 aromatic rings. The van der Waals surface area contributed by atoms with Gasteiger partial charge in [0, 0.05) is 55.2 Å². The summed E-state index contributed by atoms with van der Waals surface area (Å²) in [6.45, 7) is 6.48. The first-order chi connectivity index (χ1) is 11.5. The molecule has 1 aliphatic carbocycles. The maximum absolute atomic E-state index is 12.5. The number of hydrogen-bond acceptors (Lipinski definition) is 5. The van der Waals surface area contributed by atoms with Gasteiger partial charge in [-0.05, 0) is 26.0 Å². The highest BCUT2D eigenvalue weighted by Gasteiger charge is 2.29. The second-order valence-electron chi connectivity index (χ2n) is 6.15. The number of benzene rings is 1. The third kappa shape index (κ3) is 2.94. The molecule has 126 valence electrons. The Bertz CT molecular complexity index is 741. The van der Waals surface area contributed by atoms with Gasteiger partial charge in [-0.1, -0.05) is 6.07 Å². The van der Waals surface area contributed by atoms with E-state index in [-0.39, 0.29) is 11.6 Å². The molecular formula is C19H22N2O3. The minimum absolute atomic E-state index is 0.0260. The predicted octanol–water partition coefficient (Wildman–Crippen LogP) is 2.19. The van der Waals surface area contributed by atoms with Gasteiger partial charge in [0.2, 0.25) is 5.78 Å². The number of anilines is 1. The Balaban J connectivity index is 1.70. The molecule has 24 heavy (non-hydrogen) atoms. The molecule has 3 rings (SSSR count). The van der Waals surface area contributed by atoms with E-state index in [0.29, 0.717) is 29.9 Å². The van der Waals surface area contributed by atoms with Crippen molar-refractivity contribution in [3.8, 4) is 5.75 Å². The summed E-state index contributed by atoms with van der Waals surface area (Å²) in [5.41, 5.74) is 2.76. The van der Waals surface area contributed by atoms with E-state index in [1.54, 1.807) is 21.0 Å². The Morgan fingerprint density at radius 1 is 0.958 bits per heavy atom. The minimum atomic E-state index is -0.0580. The van der Waals surface area contributed by atoms with Crippen LogP contribution < -0.4 is 9.64 Å². The van der Waals surface area contributed by atoms with E-state index in [0.717, 1.165) is 24.5 Å². The summed E-state index contributed by atoms with van der Waals surface area (Å²) >= 11 is 0. The lowest BCUT2D eigenvalue weighted by molar-refractivity contribution is -0.117. The van der Waals surface area contributed by atoms with Gasteiger partial charge >= 0.3 is 0 Å². The van der Waals surface area contributed by atoms with Crippen LogP contribution in [0.4, 0.5) is 5.69 Å². The fourth-order valence-electron chi connectivity index (χ4n) is 3.09. The Hall–Kier alpha value is -2.56. The molecule has 2 aliphatic rings. The molecule has 1 saturated heterocycles. The minimum Gasteiger partial charge on any atom is -0.497 e. The topological polar surface area (TPSA) is 49.9 Å². The largest absolute Gasteiger partial charge is 0.497 e.